The van der Waals surface area contributed by atoms with Crippen molar-refractivity contribution in [1.82, 2.24) is 25.3 Å². The predicted octanol–water partition coefficient (Wildman–Crippen LogP) is 5.84. The van der Waals surface area contributed by atoms with E-state index in [0.29, 0.717) is 34.2 Å². The molecule has 0 fully saturated rings. The number of benzene rings is 1. The first-order valence-electron chi connectivity index (χ1n) is 12.0. The van der Waals surface area contributed by atoms with Crippen molar-refractivity contribution >= 4 is 33.9 Å². The van der Waals surface area contributed by atoms with Crippen LogP contribution >= 0.6 is 11.3 Å². The molecule has 5 rings (SSSR count). The van der Waals surface area contributed by atoms with E-state index in [4.69, 9.17) is 5.73 Å². The monoisotopic (exact) mass is 569 g/mol. The van der Waals surface area contributed by atoms with Gasteiger partial charge in [0.05, 0.1) is 34.4 Å². The average Bonchev–Trinajstić information content (AvgIpc) is 3.41. The molecule has 0 aliphatic rings. The molecule has 0 radical (unpaired) electrons. The number of alkyl halides is 3. The summed E-state index contributed by atoms with van der Waals surface area (Å²) >= 11 is 1.43. The fraction of sp³-hybridized carbons (Fsp3) is 0.185. The number of anilines is 2. The second-order valence-electron chi connectivity index (χ2n) is 8.97. The van der Waals surface area contributed by atoms with Gasteiger partial charge in [-0.2, -0.15) is 13.2 Å². The number of nitrogens with two attached hydrogens (primary N) is 1. The molecule has 1 unspecified atom stereocenters. The van der Waals surface area contributed by atoms with Gasteiger partial charge in [-0.05, 0) is 48.9 Å². The van der Waals surface area contributed by atoms with Crippen LogP contribution in [0.5, 0.6) is 0 Å². The Morgan fingerprint density at radius 1 is 1.00 bits per heavy atom. The van der Waals surface area contributed by atoms with E-state index in [-0.39, 0.29) is 17.9 Å². The number of hydrogen-bond acceptors (Lipinski definition) is 9. The Balaban J connectivity index is 1.35. The number of aliphatic hydroxyl groups excluding tert-OH is 1. The third-order valence-electron chi connectivity index (χ3n) is 6.21. The molecule has 0 amide bonds. The molecule has 8 nitrogen and oxygen atoms in total. The maximum atomic E-state index is 13.4. The average molecular weight is 570 g/mol. The summed E-state index contributed by atoms with van der Waals surface area (Å²) in [6.07, 6.45) is -2.45. The summed E-state index contributed by atoms with van der Waals surface area (Å²) in [4.78, 5) is 18.3. The van der Waals surface area contributed by atoms with Gasteiger partial charge in [0, 0.05) is 28.1 Å². The Morgan fingerprint density at radius 3 is 2.52 bits per heavy atom. The number of fused-ring (bicyclic) bond motifs is 1. The molecule has 4 heterocycles. The number of rotatable bonds is 8. The van der Waals surface area contributed by atoms with Crippen LogP contribution in [-0.4, -0.2) is 25.0 Å². The van der Waals surface area contributed by atoms with Crippen molar-refractivity contribution < 1.29 is 22.7 Å². The third-order valence-corrected chi connectivity index (χ3v) is 7.32. The van der Waals surface area contributed by atoms with Gasteiger partial charge in [-0.25, -0.2) is 19.3 Å². The van der Waals surface area contributed by atoms with E-state index < -0.39 is 29.8 Å². The smallest absolute Gasteiger partial charge is 0.383 e. The van der Waals surface area contributed by atoms with Crippen molar-refractivity contribution in [2.45, 2.75) is 31.9 Å². The first-order valence-corrected chi connectivity index (χ1v) is 12.9. The summed E-state index contributed by atoms with van der Waals surface area (Å²) in [5, 5.41) is 17.4. The highest BCUT2D eigenvalue weighted by Gasteiger charge is 2.32. The maximum Gasteiger partial charge on any atom is 0.417 e. The molecule has 5 N–H and O–H groups in total. The second-order valence-corrected chi connectivity index (χ2v) is 10.1. The fourth-order valence-electron chi connectivity index (χ4n) is 4.06. The molecular formula is C27H23F4N7OS. The van der Waals surface area contributed by atoms with Crippen molar-refractivity contribution in [3.63, 3.8) is 0 Å². The van der Waals surface area contributed by atoms with E-state index in [0.717, 1.165) is 15.8 Å². The Bertz CT molecular complexity index is 1640. The molecular weight excluding hydrogens is 546 g/mol. The zero-order valence-corrected chi connectivity index (χ0v) is 21.8. The maximum absolute atomic E-state index is 13.4. The zero-order chi connectivity index (χ0) is 28.4. The van der Waals surface area contributed by atoms with E-state index in [1.807, 2.05) is 12.1 Å². The number of thiophene rings is 1. The number of aliphatic hydroxyl groups is 1. The van der Waals surface area contributed by atoms with Gasteiger partial charge in [-0.1, -0.05) is 12.1 Å². The molecule has 0 aliphatic heterocycles. The normalized spacial score (nSPS) is 13.3. The van der Waals surface area contributed by atoms with Crippen molar-refractivity contribution in [2.75, 3.05) is 11.1 Å². The summed E-state index contributed by atoms with van der Waals surface area (Å²) in [7, 11) is 0. The molecule has 0 aliphatic carbocycles. The third kappa shape index (κ3) is 6.01. The standard InChI is InChI=1S/C27H23F4N7OS/c1-14(15-2-4-17(28)5-3-15)38-26(39)20-8-16(27(29,30)31)10-34-25(20)35-11-18-6-7-23(40-18)21-9-19-22(12-33-21)36-13-37-24(19)32/h2-10,12-14,26,38-39H,11H2,1H3,(H,34,35)(H2,32,36,37)/t14-,26?/m0/s1. The summed E-state index contributed by atoms with van der Waals surface area (Å²) in [5.74, 6) is 0.00766. The highest BCUT2D eigenvalue weighted by molar-refractivity contribution is 7.15. The first-order chi connectivity index (χ1) is 19.1. The predicted molar refractivity (Wildman–Crippen MR) is 145 cm³/mol. The molecule has 206 valence electrons. The molecule has 1 aromatic carbocycles. The summed E-state index contributed by atoms with van der Waals surface area (Å²) in [6, 6.07) is 11.5. The Labute approximate surface area is 230 Å². The van der Waals surface area contributed by atoms with Gasteiger partial charge in [0.1, 0.15) is 30.0 Å². The molecule has 0 spiro atoms. The lowest BCUT2D eigenvalue weighted by Crippen LogP contribution is -2.26. The molecule has 0 saturated carbocycles. The first kappa shape index (κ1) is 27.4. The Hall–Kier alpha value is -4.20. The number of nitrogens with zero attached hydrogens (tertiary/aromatic N) is 4. The zero-order valence-electron chi connectivity index (χ0n) is 20.9. The molecule has 2 atom stereocenters. The van der Waals surface area contributed by atoms with Crippen LogP contribution < -0.4 is 16.4 Å². The topological polar surface area (TPSA) is 122 Å². The highest BCUT2D eigenvalue weighted by atomic mass is 32.1. The SMILES string of the molecule is C[C@H](NC(O)c1cc(C(F)(F)F)cnc1NCc1ccc(-c2cc3c(N)ncnc3cn2)s1)c1ccc(F)cc1. The number of hydrogen-bond donors (Lipinski definition) is 4. The van der Waals surface area contributed by atoms with Gasteiger partial charge in [-0.15, -0.1) is 11.3 Å². The highest BCUT2D eigenvalue weighted by Crippen LogP contribution is 2.34. The van der Waals surface area contributed by atoms with Gasteiger partial charge in [-0.3, -0.25) is 10.3 Å². The Kier molecular flexibility index (Phi) is 7.61. The van der Waals surface area contributed by atoms with Crippen LogP contribution in [0.3, 0.4) is 0 Å². The summed E-state index contributed by atoms with van der Waals surface area (Å²) < 4.78 is 53.6. The van der Waals surface area contributed by atoms with E-state index in [2.05, 4.69) is 30.6 Å². The van der Waals surface area contributed by atoms with Crippen LogP contribution in [0.2, 0.25) is 0 Å². The lowest BCUT2D eigenvalue weighted by molar-refractivity contribution is -0.137. The van der Waals surface area contributed by atoms with Crippen LogP contribution in [0.1, 0.15) is 40.8 Å². The minimum atomic E-state index is -4.65. The van der Waals surface area contributed by atoms with Crippen molar-refractivity contribution in [1.29, 1.82) is 0 Å². The van der Waals surface area contributed by atoms with Crippen LogP contribution in [0.4, 0.5) is 29.2 Å². The van der Waals surface area contributed by atoms with Gasteiger partial charge in [0.25, 0.3) is 0 Å². The molecule has 4 aromatic heterocycles. The second kappa shape index (κ2) is 11.1. The van der Waals surface area contributed by atoms with Gasteiger partial charge in [0.15, 0.2) is 0 Å². The molecule has 0 saturated heterocycles. The number of halogens is 4. The van der Waals surface area contributed by atoms with Crippen molar-refractivity contribution in [2.24, 2.45) is 0 Å². The van der Waals surface area contributed by atoms with Crippen molar-refractivity contribution in [3.8, 4) is 10.6 Å². The minimum Gasteiger partial charge on any atom is -0.383 e. The fourth-order valence-corrected chi connectivity index (χ4v) is 4.98. The van der Waals surface area contributed by atoms with E-state index in [1.165, 1.54) is 41.9 Å². The van der Waals surface area contributed by atoms with Crippen LogP contribution in [0, 0.1) is 5.82 Å². The van der Waals surface area contributed by atoms with E-state index in [1.54, 1.807) is 19.2 Å². The Morgan fingerprint density at radius 2 is 1.77 bits per heavy atom. The number of nitrogens with one attached hydrogen (secondary N) is 2. The summed E-state index contributed by atoms with van der Waals surface area (Å²) in [6.45, 7) is 1.94. The van der Waals surface area contributed by atoms with E-state index >= 15 is 0 Å². The largest absolute Gasteiger partial charge is 0.417 e. The van der Waals surface area contributed by atoms with E-state index in [9.17, 15) is 22.7 Å². The molecule has 40 heavy (non-hydrogen) atoms. The number of pyridine rings is 2. The van der Waals surface area contributed by atoms with Crippen LogP contribution in [0.25, 0.3) is 21.5 Å². The summed E-state index contributed by atoms with van der Waals surface area (Å²) in [5.41, 5.74) is 6.84. The molecule has 0 bridgehead atoms. The lowest BCUT2D eigenvalue weighted by atomic mass is 10.1. The van der Waals surface area contributed by atoms with Gasteiger partial charge < -0.3 is 16.2 Å². The van der Waals surface area contributed by atoms with Crippen LogP contribution in [0.15, 0.2) is 67.3 Å². The van der Waals surface area contributed by atoms with Crippen molar-refractivity contribution in [3.05, 3.63) is 94.6 Å². The van der Waals surface area contributed by atoms with Gasteiger partial charge >= 0.3 is 6.18 Å². The number of nitrogen functional groups attached to an aromatic ring is 1. The lowest BCUT2D eigenvalue weighted by Gasteiger charge is -2.22. The van der Waals surface area contributed by atoms with Gasteiger partial charge in [0.2, 0.25) is 0 Å². The quantitative estimate of drug-likeness (QED) is 0.136. The number of aromatic nitrogens is 4. The molecule has 13 heteroatoms. The van der Waals surface area contributed by atoms with Crippen LogP contribution in [-0.2, 0) is 12.7 Å². The minimum absolute atomic E-state index is 0.0766. The molecule has 5 aromatic rings.